The number of carbonyl (C=O) groups excluding carboxylic acids is 1. The van der Waals surface area contributed by atoms with Gasteiger partial charge >= 0.3 is 0 Å². The number of hydrogen-bond acceptors (Lipinski definition) is 3. The normalized spacial score (nSPS) is 12.5. The predicted molar refractivity (Wildman–Crippen MR) is 52.4 cm³/mol. The molecular formula is C9H20N2O2. The zero-order valence-corrected chi connectivity index (χ0v) is 8.51. The van der Waals surface area contributed by atoms with Gasteiger partial charge in [-0.25, -0.2) is 0 Å². The van der Waals surface area contributed by atoms with Crippen LogP contribution in [-0.2, 0) is 9.53 Å². The Morgan fingerprint density at radius 3 is 2.77 bits per heavy atom. The molecule has 0 aliphatic carbocycles. The zero-order chi connectivity index (χ0) is 10.1. The van der Waals surface area contributed by atoms with Gasteiger partial charge in [-0.1, -0.05) is 6.92 Å². The highest BCUT2D eigenvalue weighted by atomic mass is 16.5. The van der Waals surface area contributed by atoms with Crippen molar-refractivity contribution in [2.75, 3.05) is 19.8 Å². The molecule has 0 aromatic heterocycles. The van der Waals surface area contributed by atoms with Crippen molar-refractivity contribution < 1.29 is 9.53 Å². The minimum absolute atomic E-state index is 0.101. The number of rotatable bonds is 7. The Balaban J connectivity index is 3.12. The molecule has 0 aliphatic rings. The molecule has 0 heterocycles. The smallest absolute Gasteiger partial charge is 0.236 e. The largest absolute Gasteiger partial charge is 0.381 e. The molecule has 1 amide bonds. The lowest BCUT2D eigenvalue weighted by Gasteiger charge is -2.07. The third-order valence-electron chi connectivity index (χ3n) is 1.53. The highest BCUT2D eigenvalue weighted by Crippen LogP contribution is 1.84. The van der Waals surface area contributed by atoms with E-state index in [1.807, 2.05) is 0 Å². The summed E-state index contributed by atoms with van der Waals surface area (Å²) >= 11 is 0. The van der Waals surface area contributed by atoms with Gasteiger partial charge in [0.05, 0.1) is 6.04 Å². The van der Waals surface area contributed by atoms with Crippen LogP contribution in [-0.4, -0.2) is 31.7 Å². The molecule has 13 heavy (non-hydrogen) atoms. The molecule has 78 valence electrons. The summed E-state index contributed by atoms with van der Waals surface area (Å²) in [5.41, 5.74) is 5.36. The summed E-state index contributed by atoms with van der Waals surface area (Å²) in [6, 6.07) is -0.420. The summed E-state index contributed by atoms with van der Waals surface area (Å²) in [6.07, 6.45) is 1.88. The maximum absolute atomic E-state index is 11.0. The second-order valence-electron chi connectivity index (χ2n) is 3.05. The van der Waals surface area contributed by atoms with Crippen LogP contribution in [0, 0.1) is 0 Å². The SMILES string of the molecule is CCCOCCCNC(=O)C(C)N. The van der Waals surface area contributed by atoms with E-state index in [-0.39, 0.29) is 5.91 Å². The summed E-state index contributed by atoms with van der Waals surface area (Å²) in [4.78, 5) is 11.0. The standard InChI is InChI=1S/C9H20N2O2/c1-3-6-13-7-4-5-11-9(12)8(2)10/h8H,3-7,10H2,1-2H3,(H,11,12). The molecule has 0 spiro atoms. The first-order chi connectivity index (χ1) is 6.18. The highest BCUT2D eigenvalue weighted by Gasteiger charge is 2.04. The van der Waals surface area contributed by atoms with Gasteiger partial charge in [0, 0.05) is 19.8 Å². The van der Waals surface area contributed by atoms with Crippen molar-refractivity contribution in [3.8, 4) is 0 Å². The van der Waals surface area contributed by atoms with Crippen molar-refractivity contribution in [3.63, 3.8) is 0 Å². The van der Waals surface area contributed by atoms with E-state index in [0.717, 1.165) is 19.4 Å². The highest BCUT2D eigenvalue weighted by molar-refractivity contribution is 5.80. The first-order valence-corrected chi connectivity index (χ1v) is 4.79. The predicted octanol–water partition coefficient (Wildman–Crippen LogP) is 0.267. The van der Waals surface area contributed by atoms with Crippen LogP contribution >= 0.6 is 0 Å². The van der Waals surface area contributed by atoms with Crippen LogP contribution in [0.1, 0.15) is 26.7 Å². The Labute approximate surface area is 79.8 Å². The third kappa shape index (κ3) is 7.74. The number of nitrogens with one attached hydrogen (secondary N) is 1. The molecule has 3 N–H and O–H groups in total. The number of hydrogen-bond donors (Lipinski definition) is 2. The fraction of sp³-hybridized carbons (Fsp3) is 0.889. The Hall–Kier alpha value is -0.610. The van der Waals surface area contributed by atoms with Gasteiger partial charge in [0.25, 0.3) is 0 Å². The monoisotopic (exact) mass is 188 g/mol. The number of ether oxygens (including phenoxy) is 1. The first-order valence-electron chi connectivity index (χ1n) is 4.79. The minimum Gasteiger partial charge on any atom is -0.381 e. The van der Waals surface area contributed by atoms with Crippen LogP contribution < -0.4 is 11.1 Å². The number of carbonyl (C=O) groups is 1. The summed E-state index contributed by atoms with van der Waals surface area (Å²) in [5, 5.41) is 2.72. The van der Waals surface area contributed by atoms with Crippen LogP contribution in [0.25, 0.3) is 0 Å². The average molecular weight is 188 g/mol. The van der Waals surface area contributed by atoms with Crippen molar-refractivity contribution in [3.05, 3.63) is 0 Å². The molecule has 0 aromatic rings. The van der Waals surface area contributed by atoms with Gasteiger partial charge in [0.15, 0.2) is 0 Å². The lowest BCUT2D eigenvalue weighted by molar-refractivity contribution is -0.122. The first kappa shape index (κ1) is 12.4. The number of nitrogens with two attached hydrogens (primary N) is 1. The van der Waals surface area contributed by atoms with Crippen molar-refractivity contribution in [2.24, 2.45) is 5.73 Å². The molecule has 4 heteroatoms. The van der Waals surface area contributed by atoms with Gasteiger partial charge in [-0.05, 0) is 19.8 Å². The topological polar surface area (TPSA) is 64.3 Å². The van der Waals surface area contributed by atoms with Crippen molar-refractivity contribution in [1.82, 2.24) is 5.32 Å². The van der Waals surface area contributed by atoms with Gasteiger partial charge in [-0.2, -0.15) is 0 Å². The van der Waals surface area contributed by atoms with E-state index >= 15 is 0 Å². The molecule has 0 saturated heterocycles. The quantitative estimate of drug-likeness (QED) is 0.563. The summed E-state index contributed by atoms with van der Waals surface area (Å²) in [6.45, 7) is 5.87. The molecule has 4 nitrogen and oxygen atoms in total. The zero-order valence-electron chi connectivity index (χ0n) is 8.51. The van der Waals surface area contributed by atoms with Gasteiger partial charge in [-0.15, -0.1) is 0 Å². The second kappa shape index (κ2) is 8.01. The van der Waals surface area contributed by atoms with E-state index in [4.69, 9.17) is 10.5 Å². The molecule has 0 saturated carbocycles. The Morgan fingerprint density at radius 2 is 2.23 bits per heavy atom. The van der Waals surface area contributed by atoms with Crippen molar-refractivity contribution in [1.29, 1.82) is 0 Å². The van der Waals surface area contributed by atoms with Crippen molar-refractivity contribution in [2.45, 2.75) is 32.7 Å². The summed E-state index contributed by atoms with van der Waals surface area (Å²) in [5.74, 6) is -0.101. The molecule has 1 atom stereocenters. The molecule has 0 aliphatic heterocycles. The van der Waals surface area contributed by atoms with Crippen LogP contribution in [0.3, 0.4) is 0 Å². The van der Waals surface area contributed by atoms with Gasteiger partial charge < -0.3 is 15.8 Å². The lowest BCUT2D eigenvalue weighted by Crippen LogP contribution is -2.38. The molecule has 0 fully saturated rings. The molecule has 0 bridgehead atoms. The van der Waals surface area contributed by atoms with E-state index in [0.29, 0.717) is 13.2 Å². The van der Waals surface area contributed by atoms with E-state index in [1.54, 1.807) is 6.92 Å². The third-order valence-corrected chi connectivity index (χ3v) is 1.53. The molecule has 0 radical (unpaired) electrons. The molecular weight excluding hydrogens is 168 g/mol. The van der Waals surface area contributed by atoms with Crippen LogP contribution in [0.15, 0.2) is 0 Å². The van der Waals surface area contributed by atoms with E-state index in [1.165, 1.54) is 0 Å². The van der Waals surface area contributed by atoms with E-state index in [9.17, 15) is 4.79 Å². The van der Waals surface area contributed by atoms with Crippen LogP contribution in [0.2, 0.25) is 0 Å². The summed E-state index contributed by atoms with van der Waals surface area (Å²) < 4.78 is 5.24. The summed E-state index contributed by atoms with van der Waals surface area (Å²) in [7, 11) is 0. The van der Waals surface area contributed by atoms with Gasteiger partial charge in [0.2, 0.25) is 5.91 Å². The Kier molecular flexibility index (Phi) is 7.63. The maximum Gasteiger partial charge on any atom is 0.236 e. The van der Waals surface area contributed by atoms with Gasteiger partial charge in [-0.3, -0.25) is 4.79 Å². The second-order valence-corrected chi connectivity index (χ2v) is 3.05. The lowest BCUT2D eigenvalue weighted by atomic mass is 10.3. The number of amides is 1. The molecule has 0 rings (SSSR count). The maximum atomic E-state index is 11.0. The van der Waals surface area contributed by atoms with Crippen molar-refractivity contribution >= 4 is 5.91 Å². The van der Waals surface area contributed by atoms with Crippen LogP contribution in [0.4, 0.5) is 0 Å². The Morgan fingerprint density at radius 1 is 1.54 bits per heavy atom. The average Bonchev–Trinajstić information content (AvgIpc) is 2.10. The van der Waals surface area contributed by atoms with Crippen LogP contribution in [0.5, 0.6) is 0 Å². The van der Waals surface area contributed by atoms with Gasteiger partial charge in [0.1, 0.15) is 0 Å². The van der Waals surface area contributed by atoms with E-state index < -0.39 is 6.04 Å². The van der Waals surface area contributed by atoms with E-state index in [2.05, 4.69) is 12.2 Å². The minimum atomic E-state index is -0.420. The Bertz CT molecular complexity index is 138. The molecule has 0 aromatic carbocycles. The fourth-order valence-electron chi connectivity index (χ4n) is 0.793. The molecule has 1 unspecified atom stereocenters. The fourth-order valence-corrected chi connectivity index (χ4v) is 0.793.